The summed E-state index contributed by atoms with van der Waals surface area (Å²) in [7, 11) is 0. The third-order valence-electron chi connectivity index (χ3n) is 3.31. The lowest BCUT2D eigenvalue weighted by molar-refractivity contribution is -0.137. The highest BCUT2D eigenvalue weighted by Crippen LogP contribution is 2.16. The van der Waals surface area contributed by atoms with Crippen LogP contribution in [-0.2, 0) is 20.7 Å². The van der Waals surface area contributed by atoms with Crippen molar-refractivity contribution in [3.8, 4) is 0 Å². The zero-order chi connectivity index (χ0) is 14.5. The van der Waals surface area contributed by atoms with Gasteiger partial charge in [0, 0.05) is 18.2 Å². The molecule has 4 N–H and O–H groups in total. The number of aryl methyl sites for hydroxylation is 1. The van der Waals surface area contributed by atoms with Gasteiger partial charge in [0.05, 0.1) is 19.1 Å². The second kappa shape index (κ2) is 6.49. The maximum atomic E-state index is 12.0. The van der Waals surface area contributed by atoms with Crippen LogP contribution in [0.1, 0.15) is 12.0 Å². The number of anilines is 1. The molecule has 1 aliphatic heterocycles. The van der Waals surface area contributed by atoms with E-state index < -0.39 is 5.97 Å². The first kappa shape index (κ1) is 14.5. The van der Waals surface area contributed by atoms with Crippen LogP contribution >= 0.6 is 0 Å². The molecule has 0 radical (unpaired) electrons. The average molecular weight is 278 g/mol. The number of nitrogens with one attached hydrogen (secondary N) is 1. The molecule has 6 heteroatoms. The Balaban J connectivity index is 1.90. The Morgan fingerprint density at radius 2 is 2.00 bits per heavy atom. The van der Waals surface area contributed by atoms with Crippen molar-refractivity contribution in [2.45, 2.75) is 18.9 Å². The van der Waals surface area contributed by atoms with E-state index in [1.165, 1.54) is 0 Å². The Morgan fingerprint density at radius 1 is 1.30 bits per heavy atom. The van der Waals surface area contributed by atoms with E-state index in [4.69, 9.17) is 15.6 Å². The summed E-state index contributed by atoms with van der Waals surface area (Å²) in [5.41, 5.74) is 7.38. The molecule has 1 fully saturated rings. The van der Waals surface area contributed by atoms with Crippen LogP contribution in [-0.4, -0.2) is 36.2 Å². The normalized spacial score (nSPS) is 21.6. The summed E-state index contributed by atoms with van der Waals surface area (Å²) in [6, 6.07) is 6.88. The molecule has 1 aliphatic rings. The van der Waals surface area contributed by atoms with Gasteiger partial charge in [-0.15, -0.1) is 0 Å². The fourth-order valence-electron chi connectivity index (χ4n) is 2.08. The first-order chi connectivity index (χ1) is 9.56. The largest absolute Gasteiger partial charge is 0.481 e. The van der Waals surface area contributed by atoms with Gasteiger partial charge in [0.1, 0.15) is 0 Å². The maximum absolute atomic E-state index is 12.0. The van der Waals surface area contributed by atoms with Gasteiger partial charge in [-0.1, -0.05) is 12.1 Å². The number of hydrogen-bond donors (Lipinski definition) is 3. The van der Waals surface area contributed by atoms with Crippen molar-refractivity contribution >= 4 is 17.6 Å². The zero-order valence-electron chi connectivity index (χ0n) is 11.0. The van der Waals surface area contributed by atoms with E-state index in [2.05, 4.69) is 5.32 Å². The number of rotatable bonds is 5. The second-order valence-electron chi connectivity index (χ2n) is 4.89. The van der Waals surface area contributed by atoms with Gasteiger partial charge in [-0.3, -0.25) is 9.59 Å². The highest BCUT2D eigenvalue weighted by molar-refractivity contribution is 5.93. The number of aliphatic carboxylic acids is 1. The number of carboxylic acid groups (broad SMARTS) is 1. The van der Waals surface area contributed by atoms with Crippen molar-refractivity contribution in [3.63, 3.8) is 0 Å². The molecule has 1 aromatic carbocycles. The zero-order valence-corrected chi connectivity index (χ0v) is 11.0. The number of carboxylic acids is 1. The minimum Gasteiger partial charge on any atom is -0.481 e. The first-order valence-electron chi connectivity index (χ1n) is 6.51. The quantitative estimate of drug-likeness (QED) is 0.732. The van der Waals surface area contributed by atoms with Crippen LogP contribution in [0.2, 0.25) is 0 Å². The molecule has 0 saturated carbocycles. The van der Waals surface area contributed by atoms with E-state index in [1.807, 2.05) is 12.1 Å². The van der Waals surface area contributed by atoms with E-state index in [-0.39, 0.29) is 24.3 Å². The summed E-state index contributed by atoms with van der Waals surface area (Å²) in [6.45, 7) is 0.760. The Kier molecular flexibility index (Phi) is 4.70. The summed E-state index contributed by atoms with van der Waals surface area (Å²) in [4.78, 5) is 22.5. The predicted molar refractivity (Wildman–Crippen MR) is 73.3 cm³/mol. The highest BCUT2D eigenvalue weighted by Gasteiger charge is 2.31. The Morgan fingerprint density at radius 3 is 2.55 bits per heavy atom. The second-order valence-corrected chi connectivity index (χ2v) is 4.89. The van der Waals surface area contributed by atoms with Gasteiger partial charge in [-0.25, -0.2) is 0 Å². The molecule has 2 atom stereocenters. The van der Waals surface area contributed by atoms with Crippen molar-refractivity contribution in [1.82, 2.24) is 0 Å². The average Bonchev–Trinajstić information content (AvgIpc) is 2.84. The van der Waals surface area contributed by atoms with Crippen LogP contribution in [0.25, 0.3) is 0 Å². The molecule has 1 saturated heterocycles. The lowest BCUT2D eigenvalue weighted by Crippen LogP contribution is -2.37. The smallest absolute Gasteiger partial charge is 0.303 e. The Hall–Kier alpha value is -1.92. The molecule has 2 rings (SSSR count). The molecule has 2 unspecified atom stereocenters. The molecule has 1 amide bonds. The number of hydrogen-bond acceptors (Lipinski definition) is 4. The standard InChI is InChI=1S/C14H18N2O4/c15-12-8-20-7-11(12)14(19)16-10-4-1-9(2-5-10)3-6-13(17)18/h1-2,4-5,11-12H,3,6-8,15H2,(H,16,19)(H,17,18). The van der Waals surface area contributed by atoms with Gasteiger partial charge in [0.25, 0.3) is 0 Å². The molecule has 1 heterocycles. The number of ether oxygens (including phenoxy) is 1. The van der Waals surface area contributed by atoms with E-state index in [1.54, 1.807) is 12.1 Å². The van der Waals surface area contributed by atoms with Gasteiger partial charge in [-0.05, 0) is 24.1 Å². The summed E-state index contributed by atoms with van der Waals surface area (Å²) < 4.78 is 5.16. The van der Waals surface area contributed by atoms with Crippen molar-refractivity contribution < 1.29 is 19.4 Å². The van der Waals surface area contributed by atoms with E-state index in [9.17, 15) is 9.59 Å². The van der Waals surface area contributed by atoms with Crippen molar-refractivity contribution in [3.05, 3.63) is 29.8 Å². The summed E-state index contributed by atoms with van der Waals surface area (Å²) in [5.74, 6) is -1.28. The topological polar surface area (TPSA) is 102 Å². The molecule has 6 nitrogen and oxygen atoms in total. The minimum atomic E-state index is -0.822. The number of nitrogens with two attached hydrogens (primary N) is 1. The van der Waals surface area contributed by atoms with Crippen molar-refractivity contribution in [1.29, 1.82) is 0 Å². The molecule has 0 spiro atoms. The SMILES string of the molecule is NC1COCC1C(=O)Nc1ccc(CCC(=O)O)cc1. The highest BCUT2D eigenvalue weighted by atomic mass is 16.5. The molecule has 0 aromatic heterocycles. The van der Waals surface area contributed by atoms with E-state index >= 15 is 0 Å². The van der Waals surface area contributed by atoms with Gasteiger partial charge >= 0.3 is 5.97 Å². The molecule has 0 aliphatic carbocycles. The third kappa shape index (κ3) is 3.79. The van der Waals surface area contributed by atoms with Gasteiger partial charge in [0.15, 0.2) is 0 Å². The van der Waals surface area contributed by atoms with Gasteiger partial charge in [0.2, 0.25) is 5.91 Å². The monoisotopic (exact) mass is 278 g/mol. The van der Waals surface area contributed by atoms with Crippen LogP contribution in [0, 0.1) is 5.92 Å². The number of amides is 1. The van der Waals surface area contributed by atoms with Crippen LogP contribution in [0.4, 0.5) is 5.69 Å². The molecule has 0 bridgehead atoms. The van der Waals surface area contributed by atoms with Crippen LogP contribution in [0.15, 0.2) is 24.3 Å². The summed E-state index contributed by atoms with van der Waals surface area (Å²) >= 11 is 0. The number of carbonyl (C=O) groups excluding carboxylic acids is 1. The maximum Gasteiger partial charge on any atom is 0.303 e. The Labute approximate surface area is 116 Å². The lowest BCUT2D eigenvalue weighted by Gasteiger charge is -2.13. The lowest BCUT2D eigenvalue weighted by atomic mass is 10.0. The van der Waals surface area contributed by atoms with Crippen molar-refractivity contribution in [2.75, 3.05) is 18.5 Å². The van der Waals surface area contributed by atoms with Crippen LogP contribution in [0.3, 0.4) is 0 Å². The van der Waals surface area contributed by atoms with Crippen LogP contribution < -0.4 is 11.1 Å². The molecular formula is C14H18N2O4. The molecule has 20 heavy (non-hydrogen) atoms. The van der Waals surface area contributed by atoms with Gasteiger partial charge in [-0.2, -0.15) is 0 Å². The molecule has 108 valence electrons. The molecule has 1 aromatic rings. The number of benzene rings is 1. The fraction of sp³-hybridized carbons (Fsp3) is 0.429. The van der Waals surface area contributed by atoms with Gasteiger partial charge < -0.3 is 20.9 Å². The predicted octanol–water partition coefficient (Wildman–Crippen LogP) is 0.616. The molecular weight excluding hydrogens is 260 g/mol. The van der Waals surface area contributed by atoms with E-state index in [0.717, 1.165) is 5.56 Å². The summed E-state index contributed by atoms with van der Waals surface area (Å²) in [5, 5.41) is 11.4. The minimum absolute atomic E-state index is 0.0972. The fourth-order valence-corrected chi connectivity index (χ4v) is 2.08. The van der Waals surface area contributed by atoms with Crippen molar-refractivity contribution in [2.24, 2.45) is 11.7 Å². The summed E-state index contributed by atoms with van der Waals surface area (Å²) in [6.07, 6.45) is 0.574. The van der Waals surface area contributed by atoms with Crippen LogP contribution in [0.5, 0.6) is 0 Å². The van der Waals surface area contributed by atoms with E-state index in [0.29, 0.717) is 25.3 Å². The Bertz CT molecular complexity index is 486. The third-order valence-corrected chi connectivity index (χ3v) is 3.31. The first-order valence-corrected chi connectivity index (χ1v) is 6.51. The number of carbonyl (C=O) groups is 2.